The minimum absolute atomic E-state index is 0.145. The van der Waals surface area contributed by atoms with Gasteiger partial charge in [0, 0.05) is 11.8 Å². The molecule has 0 amide bonds. The van der Waals surface area contributed by atoms with Crippen LogP contribution >= 0.6 is 0 Å². The highest BCUT2D eigenvalue weighted by Gasteiger charge is 2.28. The largest absolute Gasteiger partial charge is 0.256 e. The number of hydrogen-bond donors (Lipinski definition) is 0. The van der Waals surface area contributed by atoms with Gasteiger partial charge in [0.15, 0.2) is 0 Å². The summed E-state index contributed by atoms with van der Waals surface area (Å²) in [6, 6.07) is 12.8. The van der Waals surface area contributed by atoms with Crippen molar-refractivity contribution >= 4 is 15.7 Å². The third kappa shape index (κ3) is 3.63. The van der Waals surface area contributed by atoms with Crippen molar-refractivity contribution < 1.29 is 0 Å². The minimum Gasteiger partial charge on any atom is -0.256 e. The molecule has 0 radical (unpaired) electrons. The van der Waals surface area contributed by atoms with E-state index in [1.165, 1.54) is 16.7 Å². The van der Waals surface area contributed by atoms with Gasteiger partial charge in [0.1, 0.15) is 15.7 Å². The highest BCUT2D eigenvalue weighted by molar-refractivity contribution is 6.40. The molecule has 0 saturated carbocycles. The first-order valence-corrected chi connectivity index (χ1v) is 8.37. The maximum atomic E-state index is 4.77. The summed E-state index contributed by atoms with van der Waals surface area (Å²) in [5, 5.41) is 0.145. The number of pyridine rings is 1. The monoisotopic (exact) mass is 291 g/mol. The van der Waals surface area contributed by atoms with Gasteiger partial charge in [-0.2, -0.15) is 0 Å². The summed E-state index contributed by atoms with van der Waals surface area (Å²) in [7, 11) is 4.67. The summed E-state index contributed by atoms with van der Waals surface area (Å²) in [6.45, 7) is 9.16. The zero-order chi connectivity index (χ0) is 16.3. The molecule has 0 aliphatic rings. The number of rotatable bonds is 5. The van der Waals surface area contributed by atoms with Crippen LogP contribution < -0.4 is 0 Å². The molecule has 22 heavy (non-hydrogen) atoms. The molecule has 0 N–H and O–H groups in total. The first kappa shape index (κ1) is 16.9. The van der Waals surface area contributed by atoms with Crippen LogP contribution in [0.1, 0.15) is 38.8 Å². The maximum absolute atomic E-state index is 4.77. The number of benzene rings is 1. The van der Waals surface area contributed by atoms with Gasteiger partial charge in [-0.05, 0) is 29.5 Å². The van der Waals surface area contributed by atoms with Crippen molar-refractivity contribution in [2.24, 2.45) is 11.8 Å². The SMILES string of the molecule is BC(B)(c1cnc(-c2ccccc2)cc1CC(C)C)C(C)C. The van der Waals surface area contributed by atoms with Gasteiger partial charge in [-0.15, -0.1) is 0 Å². The molecule has 0 aliphatic heterocycles. The van der Waals surface area contributed by atoms with Crippen LogP contribution in [-0.2, 0) is 11.6 Å². The predicted octanol–water partition coefficient (Wildman–Crippen LogP) is 3.02. The highest BCUT2D eigenvalue weighted by atomic mass is 14.7. The van der Waals surface area contributed by atoms with Crippen molar-refractivity contribution in [1.82, 2.24) is 4.98 Å². The van der Waals surface area contributed by atoms with E-state index in [4.69, 9.17) is 4.98 Å². The standard InChI is InChI=1S/C19H27B2N/c1-13(2)10-16-11-18(15-8-6-5-7-9-15)22-12-17(16)19(20,21)14(3)4/h5-9,11-14H,10,20-21H2,1-4H3. The Kier molecular flexibility index (Phi) is 5.16. The van der Waals surface area contributed by atoms with E-state index in [9.17, 15) is 0 Å². The second-order valence-corrected chi connectivity index (χ2v) is 7.57. The molecule has 0 atom stereocenters. The molecule has 0 fully saturated rings. The molecule has 1 aromatic carbocycles. The van der Waals surface area contributed by atoms with Gasteiger partial charge in [0.25, 0.3) is 0 Å². The molecule has 0 aliphatic carbocycles. The summed E-state index contributed by atoms with van der Waals surface area (Å²) in [6.07, 6.45) is 3.22. The maximum Gasteiger partial charge on any atom is 0.105 e. The molecule has 1 nitrogen and oxygen atoms in total. The molecule has 2 aromatic rings. The lowest BCUT2D eigenvalue weighted by Crippen LogP contribution is -2.34. The highest BCUT2D eigenvalue weighted by Crippen LogP contribution is 2.31. The Morgan fingerprint density at radius 2 is 1.68 bits per heavy atom. The lowest BCUT2D eigenvalue weighted by atomic mass is 9.45. The van der Waals surface area contributed by atoms with Crippen LogP contribution in [0.25, 0.3) is 11.3 Å². The number of hydrogen-bond acceptors (Lipinski definition) is 1. The lowest BCUT2D eigenvalue weighted by molar-refractivity contribution is 0.556. The Morgan fingerprint density at radius 3 is 2.23 bits per heavy atom. The first-order chi connectivity index (χ1) is 10.3. The van der Waals surface area contributed by atoms with Crippen molar-refractivity contribution in [3.05, 3.63) is 53.7 Å². The molecule has 0 saturated heterocycles. The molecule has 0 spiro atoms. The summed E-state index contributed by atoms with van der Waals surface area (Å²) in [5.41, 5.74) is 5.12. The van der Waals surface area contributed by atoms with Crippen LogP contribution in [0.5, 0.6) is 0 Å². The number of aromatic nitrogens is 1. The Morgan fingerprint density at radius 1 is 1.05 bits per heavy atom. The Hall–Kier alpha value is -1.50. The topological polar surface area (TPSA) is 12.9 Å². The molecular weight excluding hydrogens is 264 g/mol. The van der Waals surface area contributed by atoms with Gasteiger partial charge in [0.05, 0.1) is 5.69 Å². The number of nitrogens with zero attached hydrogens (tertiary/aromatic N) is 1. The Bertz CT molecular complexity index is 619. The Balaban J connectivity index is 2.52. The van der Waals surface area contributed by atoms with Crippen molar-refractivity contribution in [2.45, 2.75) is 39.3 Å². The van der Waals surface area contributed by atoms with Gasteiger partial charge in [0.2, 0.25) is 0 Å². The summed E-state index contributed by atoms with van der Waals surface area (Å²) >= 11 is 0. The van der Waals surface area contributed by atoms with Crippen molar-refractivity contribution in [2.75, 3.05) is 0 Å². The van der Waals surface area contributed by atoms with E-state index >= 15 is 0 Å². The fourth-order valence-electron chi connectivity index (χ4n) is 2.76. The normalized spacial score (nSPS) is 12.1. The Labute approximate surface area is 137 Å². The molecular formula is C19H27B2N. The average Bonchev–Trinajstić information content (AvgIpc) is 2.47. The van der Waals surface area contributed by atoms with Gasteiger partial charge in [-0.25, -0.2) is 0 Å². The zero-order valence-electron chi connectivity index (χ0n) is 14.9. The van der Waals surface area contributed by atoms with Gasteiger partial charge in [-0.3, -0.25) is 4.98 Å². The van der Waals surface area contributed by atoms with Gasteiger partial charge in [-0.1, -0.05) is 69.2 Å². The van der Waals surface area contributed by atoms with E-state index in [1.807, 2.05) is 0 Å². The van der Waals surface area contributed by atoms with Gasteiger partial charge >= 0.3 is 0 Å². The van der Waals surface area contributed by atoms with Gasteiger partial charge < -0.3 is 0 Å². The van der Waals surface area contributed by atoms with Crippen molar-refractivity contribution in [3.8, 4) is 11.3 Å². The minimum atomic E-state index is 0.145. The zero-order valence-corrected chi connectivity index (χ0v) is 14.9. The van der Waals surface area contributed by atoms with E-state index < -0.39 is 0 Å². The molecule has 2 rings (SSSR count). The van der Waals surface area contributed by atoms with E-state index in [-0.39, 0.29) is 5.21 Å². The molecule has 1 aromatic heterocycles. The van der Waals surface area contributed by atoms with Crippen LogP contribution in [-0.4, -0.2) is 20.7 Å². The molecule has 114 valence electrons. The third-order valence-electron chi connectivity index (χ3n) is 4.82. The van der Waals surface area contributed by atoms with Crippen LogP contribution in [0.3, 0.4) is 0 Å². The molecule has 0 unspecified atom stereocenters. The van der Waals surface area contributed by atoms with Crippen LogP contribution in [0, 0.1) is 11.8 Å². The van der Waals surface area contributed by atoms with E-state index in [1.54, 1.807) is 0 Å². The third-order valence-corrected chi connectivity index (χ3v) is 4.82. The summed E-state index contributed by atoms with van der Waals surface area (Å²) in [4.78, 5) is 4.77. The van der Waals surface area contributed by atoms with E-state index in [0.717, 1.165) is 12.1 Å². The lowest BCUT2D eigenvalue weighted by Gasteiger charge is -2.32. The first-order valence-electron chi connectivity index (χ1n) is 8.37. The van der Waals surface area contributed by atoms with Crippen LogP contribution in [0.15, 0.2) is 42.6 Å². The fraction of sp³-hybridized carbons (Fsp3) is 0.421. The van der Waals surface area contributed by atoms with E-state index in [2.05, 4.69) is 86.0 Å². The summed E-state index contributed by atoms with van der Waals surface area (Å²) < 4.78 is 0. The second kappa shape index (κ2) is 6.73. The molecule has 0 bridgehead atoms. The predicted molar refractivity (Wildman–Crippen MR) is 102 cm³/mol. The molecule has 3 heteroatoms. The van der Waals surface area contributed by atoms with Crippen LogP contribution in [0.4, 0.5) is 0 Å². The van der Waals surface area contributed by atoms with Crippen molar-refractivity contribution in [3.63, 3.8) is 0 Å². The van der Waals surface area contributed by atoms with Crippen molar-refractivity contribution in [1.29, 1.82) is 0 Å². The summed E-state index contributed by atoms with van der Waals surface area (Å²) in [5.74, 6) is 1.23. The van der Waals surface area contributed by atoms with E-state index in [0.29, 0.717) is 11.8 Å². The fourth-order valence-corrected chi connectivity index (χ4v) is 2.76. The van der Waals surface area contributed by atoms with Crippen LogP contribution in [0.2, 0.25) is 0 Å². The second-order valence-electron chi connectivity index (χ2n) is 7.57. The smallest absolute Gasteiger partial charge is 0.105 e. The average molecular weight is 291 g/mol. The molecule has 1 heterocycles. The quantitative estimate of drug-likeness (QED) is 0.772.